The first kappa shape index (κ1) is 35.0. The molecule has 0 amide bonds. The average molecular weight is 627 g/mol. The fourth-order valence-corrected chi connectivity index (χ4v) is 6.16. The fraction of sp³-hybridized carbons (Fsp3) is 0.500. The molecule has 0 saturated carbocycles. The van der Waals surface area contributed by atoms with Crippen LogP contribution in [0.25, 0.3) is 11.0 Å². The number of esters is 2. The number of cyclic esters (lactones) is 1. The van der Waals surface area contributed by atoms with Gasteiger partial charge in [-0.3, -0.25) is 4.79 Å². The molecular formula is C40H50O6. The Labute approximate surface area is 274 Å². The summed E-state index contributed by atoms with van der Waals surface area (Å²) in [6.45, 7) is 16.6. The lowest BCUT2D eigenvalue weighted by molar-refractivity contribution is -0.168. The van der Waals surface area contributed by atoms with Gasteiger partial charge in [-0.2, -0.15) is 0 Å². The molecule has 1 saturated heterocycles. The summed E-state index contributed by atoms with van der Waals surface area (Å²) in [4.78, 5) is 25.8. The summed E-state index contributed by atoms with van der Waals surface area (Å²) in [6.07, 6.45) is 5.36. The zero-order valence-corrected chi connectivity index (χ0v) is 28.8. The van der Waals surface area contributed by atoms with Crippen LogP contribution in [-0.2, 0) is 25.5 Å². The van der Waals surface area contributed by atoms with E-state index in [-0.39, 0.29) is 23.9 Å². The van der Waals surface area contributed by atoms with Crippen LogP contribution in [0.3, 0.4) is 0 Å². The van der Waals surface area contributed by atoms with Crippen LogP contribution in [0.2, 0.25) is 0 Å². The van der Waals surface area contributed by atoms with E-state index in [9.17, 15) is 14.7 Å². The van der Waals surface area contributed by atoms with E-state index in [1.165, 1.54) is 5.56 Å². The molecule has 0 bridgehead atoms. The van der Waals surface area contributed by atoms with Crippen molar-refractivity contribution in [2.24, 2.45) is 22.7 Å². The lowest BCUT2D eigenvalue weighted by Crippen LogP contribution is -2.40. The lowest BCUT2D eigenvalue weighted by Gasteiger charge is -2.30. The molecule has 1 aliphatic heterocycles. The summed E-state index contributed by atoms with van der Waals surface area (Å²) in [5.74, 6) is 6.08. The van der Waals surface area contributed by atoms with E-state index in [0.717, 1.165) is 41.4 Å². The van der Waals surface area contributed by atoms with Gasteiger partial charge in [0.2, 0.25) is 0 Å². The number of allylic oxidation sites excluding steroid dienone is 1. The third kappa shape index (κ3) is 10.1. The predicted octanol–water partition coefficient (Wildman–Crippen LogP) is 8.35. The summed E-state index contributed by atoms with van der Waals surface area (Å²) < 4.78 is 17.3. The van der Waals surface area contributed by atoms with Crippen LogP contribution < -0.4 is 0 Å². The van der Waals surface area contributed by atoms with Gasteiger partial charge in [0.15, 0.2) is 5.60 Å². The smallest absolute Gasteiger partial charge is 0.334 e. The van der Waals surface area contributed by atoms with E-state index in [0.29, 0.717) is 23.7 Å². The Kier molecular flexibility index (Phi) is 10.9. The molecule has 6 nitrogen and oxygen atoms in total. The Morgan fingerprint density at radius 2 is 1.63 bits per heavy atom. The van der Waals surface area contributed by atoms with Crippen LogP contribution >= 0.6 is 0 Å². The van der Waals surface area contributed by atoms with Gasteiger partial charge in [0.05, 0.1) is 12.5 Å². The molecule has 1 aromatic heterocycles. The van der Waals surface area contributed by atoms with Gasteiger partial charge in [0, 0.05) is 34.9 Å². The maximum absolute atomic E-state index is 13.0. The van der Waals surface area contributed by atoms with Gasteiger partial charge in [-0.15, -0.1) is 0 Å². The maximum atomic E-state index is 13.0. The molecule has 1 N–H and O–H groups in total. The second kappa shape index (κ2) is 14.3. The van der Waals surface area contributed by atoms with Crippen LogP contribution in [0.15, 0.2) is 64.6 Å². The Morgan fingerprint density at radius 1 is 1.00 bits per heavy atom. The minimum Gasteiger partial charge on any atom is -0.461 e. The van der Waals surface area contributed by atoms with Crippen molar-refractivity contribution in [1.82, 2.24) is 0 Å². The van der Waals surface area contributed by atoms with Crippen molar-refractivity contribution in [2.75, 3.05) is 13.2 Å². The SMILES string of the molecule is Cc1ccc(C#Cc2ccc3oc(C[C@@H](C)C(=O)OC[C@]4(CO)C/C(=C\CC(CC(C)(C)C)CC(C)(C)C)C(=O)O4)cc3c2)cc1. The molecule has 2 heterocycles. The number of rotatable bonds is 10. The summed E-state index contributed by atoms with van der Waals surface area (Å²) in [5.41, 5.74) is 3.36. The van der Waals surface area contributed by atoms with E-state index in [4.69, 9.17) is 13.9 Å². The van der Waals surface area contributed by atoms with Gasteiger partial charge >= 0.3 is 11.9 Å². The molecule has 2 aromatic carbocycles. The third-order valence-electron chi connectivity index (χ3n) is 8.23. The van der Waals surface area contributed by atoms with E-state index >= 15 is 0 Å². The Bertz CT molecular complexity index is 1600. The van der Waals surface area contributed by atoms with Gasteiger partial charge in [-0.1, -0.05) is 84.1 Å². The number of aliphatic hydroxyl groups excluding tert-OH is 1. The fourth-order valence-electron chi connectivity index (χ4n) is 6.16. The monoisotopic (exact) mass is 626 g/mol. The molecule has 0 unspecified atom stereocenters. The highest BCUT2D eigenvalue weighted by atomic mass is 16.6. The molecular weight excluding hydrogens is 576 g/mol. The van der Waals surface area contributed by atoms with Gasteiger partial charge < -0.3 is 19.0 Å². The van der Waals surface area contributed by atoms with Crippen LogP contribution in [0.5, 0.6) is 0 Å². The quantitative estimate of drug-likeness (QED) is 0.138. The number of hydrogen-bond acceptors (Lipinski definition) is 6. The van der Waals surface area contributed by atoms with Crippen molar-refractivity contribution in [3.63, 3.8) is 0 Å². The van der Waals surface area contributed by atoms with Crippen LogP contribution in [-0.4, -0.2) is 35.9 Å². The average Bonchev–Trinajstić information content (AvgIpc) is 3.52. The molecule has 0 aliphatic carbocycles. The predicted molar refractivity (Wildman–Crippen MR) is 182 cm³/mol. The second-order valence-corrected chi connectivity index (χ2v) is 15.6. The molecule has 1 fully saturated rings. The summed E-state index contributed by atoms with van der Waals surface area (Å²) >= 11 is 0. The molecule has 1 aliphatic rings. The number of aliphatic hydroxyl groups is 1. The van der Waals surface area contributed by atoms with Crippen molar-refractivity contribution in [1.29, 1.82) is 0 Å². The number of furan rings is 1. The summed E-state index contributed by atoms with van der Waals surface area (Å²) in [7, 11) is 0. The minimum absolute atomic E-state index is 0.173. The zero-order chi connectivity index (χ0) is 33.7. The number of carbonyl (C=O) groups excluding carboxylic acids is 2. The Morgan fingerprint density at radius 3 is 2.26 bits per heavy atom. The number of carbonyl (C=O) groups is 2. The maximum Gasteiger partial charge on any atom is 0.334 e. The number of fused-ring (bicyclic) bond motifs is 1. The number of hydrogen-bond donors (Lipinski definition) is 1. The molecule has 0 radical (unpaired) electrons. The van der Waals surface area contributed by atoms with Gasteiger partial charge in [-0.25, -0.2) is 4.79 Å². The highest BCUT2D eigenvalue weighted by Gasteiger charge is 2.45. The molecule has 0 spiro atoms. The number of benzene rings is 2. The van der Waals surface area contributed by atoms with Crippen molar-refractivity contribution in [2.45, 2.75) is 93.1 Å². The molecule has 246 valence electrons. The van der Waals surface area contributed by atoms with Crippen molar-refractivity contribution in [3.8, 4) is 11.8 Å². The normalized spacial score (nSPS) is 18.5. The van der Waals surface area contributed by atoms with Crippen molar-refractivity contribution < 1.29 is 28.6 Å². The van der Waals surface area contributed by atoms with Gasteiger partial charge in [-0.05, 0) is 79.3 Å². The van der Waals surface area contributed by atoms with E-state index in [1.807, 2.05) is 61.5 Å². The van der Waals surface area contributed by atoms with E-state index in [1.54, 1.807) is 6.92 Å². The summed E-state index contributed by atoms with van der Waals surface area (Å²) in [6, 6.07) is 15.8. The summed E-state index contributed by atoms with van der Waals surface area (Å²) in [5, 5.41) is 11.1. The molecule has 2 atom stereocenters. The van der Waals surface area contributed by atoms with Crippen LogP contribution in [0.1, 0.15) is 96.6 Å². The first-order chi connectivity index (χ1) is 21.5. The third-order valence-corrected chi connectivity index (χ3v) is 8.23. The lowest BCUT2D eigenvalue weighted by atomic mass is 9.75. The highest BCUT2D eigenvalue weighted by molar-refractivity contribution is 5.91. The molecule has 6 heteroatoms. The van der Waals surface area contributed by atoms with E-state index in [2.05, 4.69) is 53.4 Å². The van der Waals surface area contributed by atoms with Gasteiger partial charge in [0.1, 0.15) is 18.0 Å². The van der Waals surface area contributed by atoms with Crippen LogP contribution in [0.4, 0.5) is 0 Å². The van der Waals surface area contributed by atoms with Crippen LogP contribution in [0, 0.1) is 41.4 Å². The minimum atomic E-state index is -1.27. The van der Waals surface area contributed by atoms with E-state index < -0.39 is 30.1 Å². The Balaban J connectivity index is 1.35. The van der Waals surface area contributed by atoms with Gasteiger partial charge in [0.25, 0.3) is 0 Å². The first-order valence-electron chi connectivity index (χ1n) is 16.3. The first-order valence-corrected chi connectivity index (χ1v) is 16.3. The highest BCUT2D eigenvalue weighted by Crippen LogP contribution is 2.37. The molecule has 4 rings (SSSR count). The Hall–Kier alpha value is -3.82. The second-order valence-electron chi connectivity index (χ2n) is 15.6. The van der Waals surface area contributed by atoms with Crippen molar-refractivity contribution >= 4 is 22.9 Å². The molecule has 46 heavy (non-hydrogen) atoms. The van der Waals surface area contributed by atoms with Crippen molar-refractivity contribution in [3.05, 3.63) is 82.6 Å². The zero-order valence-electron chi connectivity index (χ0n) is 28.8. The number of aryl methyl sites for hydroxylation is 1. The number of ether oxygens (including phenoxy) is 2. The topological polar surface area (TPSA) is 86.0 Å². The largest absolute Gasteiger partial charge is 0.461 e. The standard InChI is InChI=1S/C40H50O6/c1-27-9-11-29(12-10-27)13-14-30-16-18-35-33(20-30)21-34(45-35)19-28(2)36(42)44-26-40(25-41)24-32(37(43)46-40)17-15-31(22-38(3,4)5)23-39(6,7)8/h9-12,16-18,20-21,28,31,41H,15,19,22-26H2,1-8H3/b32-17+/t28-,40-/m1/s1. The molecule has 3 aromatic rings.